The lowest BCUT2D eigenvalue weighted by molar-refractivity contribution is -0.385. The van der Waals surface area contributed by atoms with E-state index < -0.39 is 14.9 Å². The fourth-order valence-corrected chi connectivity index (χ4v) is 4.60. The fraction of sp³-hybridized carbons (Fsp3) is 0.381. The lowest BCUT2D eigenvalue weighted by Crippen LogP contribution is -2.48. The van der Waals surface area contributed by atoms with Crippen LogP contribution in [0.3, 0.4) is 0 Å². The number of nitro groups is 1. The van der Waals surface area contributed by atoms with Crippen molar-refractivity contribution in [1.29, 1.82) is 0 Å². The fourth-order valence-electron chi connectivity index (χ4n) is 3.52. The highest BCUT2D eigenvalue weighted by Crippen LogP contribution is 2.25. The molecular weight excluding hydrogens is 420 g/mol. The molecule has 1 fully saturated rings. The van der Waals surface area contributed by atoms with Gasteiger partial charge in [0.15, 0.2) is 0 Å². The number of nitrogens with one attached hydrogen (secondary N) is 1. The summed E-state index contributed by atoms with van der Waals surface area (Å²) in [7, 11) is -3.14. The second-order valence-electron chi connectivity index (χ2n) is 7.43. The molecule has 2 aromatic rings. The van der Waals surface area contributed by atoms with Crippen molar-refractivity contribution in [3.8, 4) is 0 Å². The maximum absolute atomic E-state index is 12.6. The lowest BCUT2D eigenvalue weighted by Gasteiger charge is -2.33. The number of nitro benzene ring substituents is 1. The summed E-state index contributed by atoms with van der Waals surface area (Å²) >= 11 is 0. The Hall–Kier alpha value is -2.82. The van der Waals surface area contributed by atoms with Gasteiger partial charge in [0.2, 0.25) is 10.0 Å². The lowest BCUT2D eigenvalue weighted by atomic mass is 10.1. The Morgan fingerprint density at radius 1 is 1.10 bits per heavy atom. The van der Waals surface area contributed by atoms with Crippen molar-refractivity contribution < 1.29 is 18.1 Å². The minimum Gasteiger partial charge on any atom is -0.321 e. The topological polar surface area (TPSA) is 113 Å². The highest BCUT2D eigenvalue weighted by molar-refractivity contribution is 7.89. The van der Waals surface area contributed by atoms with Gasteiger partial charge in [0.25, 0.3) is 11.6 Å². The number of piperazine rings is 1. The predicted molar refractivity (Wildman–Crippen MR) is 119 cm³/mol. The van der Waals surface area contributed by atoms with E-state index >= 15 is 0 Å². The quantitative estimate of drug-likeness (QED) is 0.517. The Bertz CT molecular complexity index is 1060. The van der Waals surface area contributed by atoms with Crippen molar-refractivity contribution in [1.82, 2.24) is 9.21 Å². The molecule has 0 aromatic heterocycles. The van der Waals surface area contributed by atoms with Crippen LogP contribution in [0.5, 0.6) is 0 Å². The van der Waals surface area contributed by atoms with Crippen LogP contribution < -0.4 is 5.32 Å². The summed E-state index contributed by atoms with van der Waals surface area (Å²) in [6.07, 6.45) is 0. The van der Waals surface area contributed by atoms with Crippen LogP contribution in [0, 0.1) is 17.0 Å². The van der Waals surface area contributed by atoms with E-state index in [0.717, 1.165) is 5.56 Å². The van der Waals surface area contributed by atoms with Gasteiger partial charge in [0.05, 0.1) is 21.9 Å². The van der Waals surface area contributed by atoms with E-state index in [1.165, 1.54) is 16.4 Å². The van der Waals surface area contributed by atoms with Crippen LogP contribution in [0.1, 0.15) is 28.4 Å². The minimum absolute atomic E-state index is 0.0417. The van der Waals surface area contributed by atoms with Gasteiger partial charge < -0.3 is 5.32 Å². The van der Waals surface area contributed by atoms with Gasteiger partial charge in [0.1, 0.15) is 0 Å². The van der Waals surface area contributed by atoms with Gasteiger partial charge in [-0.25, -0.2) is 8.42 Å². The van der Waals surface area contributed by atoms with Gasteiger partial charge in [-0.2, -0.15) is 4.31 Å². The van der Waals surface area contributed by atoms with Crippen molar-refractivity contribution >= 4 is 27.3 Å². The van der Waals surface area contributed by atoms with Crippen LogP contribution in [0.15, 0.2) is 42.5 Å². The molecule has 1 amide bonds. The molecule has 3 rings (SSSR count). The molecule has 0 atom stereocenters. The minimum atomic E-state index is -3.14. The molecule has 1 N–H and O–H groups in total. The smallest absolute Gasteiger partial charge is 0.274 e. The molecule has 31 heavy (non-hydrogen) atoms. The number of anilines is 1. The first-order valence-corrected chi connectivity index (χ1v) is 11.7. The molecule has 1 aliphatic heterocycles. The van der Waals surface area contributed by atoms with Gasteiger partial charge in [-0.15, -0.1) is 0 Å². The molecule has 10 heteroatoms. The van der Waals surface area contributed by atoms with E-state index in [4.69, 9.17) is 0 Å². The van der Waals surface area contributed by atoms with Gasteiger partial charge in [-0.3, -0.25) is 19.8 Å². The Morgan fingerprint density at radius 2 is 1.74 bits per heavy atom. The molecule has 0 unspecified atom stereocenters. The summed E-state index contributed by atoms with van der Waals surface area (Å²) in [4.78, 5) is 25.3. The average Bonchev–Trinajstić information content (AvgIpc) is 2.76. The summed E-state index contributed by atoms with van der Waals surface area (Å²) in [5.74, 6) is -0.222. The molecule has 1 saturated heterocycles. The first kappa shape index (κ1) is 22.9. The molecule has 0 saturated carbocycles. The molecule has 2 aromatic carbocycles. The third-order valence-corrected chi connectivity index (χ3v) is 7.34. The number of carbonyl (C=O) groups is 1. The van der Waals surface area contributed by atoms with Gasteiger partial charge in [0, 0.05) is 44.4 Å². The van der Waals surface area contributed by atoms with E-state index in [9.17, 15) is 23.3 Å². The average molecular weight is 447 g/mol. The molecule has 0 spiro atoms. The van der Waals surface area contributed by atoms with Crippen LogP contribution in [0.2, 0.25) is 0 Å². The molecule has 1 aliphatic rings. The number of sulfonamides is 1. The van der Waals surface area contributed by atoms with Crippen LogP contribution in [0.25, 0.3) is 0 Å². The second kappa shape index (κ2) is 9.54. The van der Waals surface area contributed by atoms with Crippen LogP contribution in [-0.4, -0.2) is 60.4 Å². The van der Waals surface area contributed by atoms with E-state index in [1.807, 2.05) is 12.1 Å². The first-order valence-electron chi connectivity index (χ1n) is 10.1. The summed E-state index contributed by atoms with van der Waals surface area (Å²) in [6.45, 7) is 6.22. The SMILES string of the molecule is CCS(=O)(=O)N1CCN(Cc2ccc(C(=O)Nc3cccc([N+](=O)[O-])c3C)cc2)CC1. The number of nitrogens with zero attached hydrogens (tertiary/aromatic N) is 3. The first-order chi connectivity index (χ1) is 14.7. The molecule has 166 valence electrons. The van der Waals surface area contributed by atoms with Crippen molar-refractivity contribution in [2.45, 2.75) is 20.4 Å². The van der Waals surface area contributed by atoms with Gasteiger partial charge >= 0.3 is 0 Å². The highest BCUT2D eigenvalue weighted by Gasteiger charge is 2.25. The molecule has 0 bridgehead atoms. The Kier molecular flexibility index (Phi) is 7.04. The summed E-state index contributed by atoms with van der Waals surface area (Å²) < 4.78 is 25.5. The summed E-state index contributed by atoms with van der Waals surface area (Å²) in [6, 6.07) is 11.7. The third-order valence-electron chi connectivity index (χ3n) is 5.46. The third kappa shape index (κ3) is 5.46. The number of amides is 1. The molecule has 0 aliphatic carbocycles. The zero-order valence-corrected chi connectivity index (χ0v) is 18.4. The monoisotopic (exact) mass is 446 g/mol. The summed E-state index contributed by atoms with van der Waals surface area (Å²) in [5.41, 5.74) is 2.24. The van der Waals surface area contributed by atoms with Crippen LogP contribution in [0.4, 0.5) is 11.4 Å². The number of hydrogen-bond donors (Lipinski definition) is 1. The largest absolute Gasteiger partial charge is 0.321 e. The van der Waals surface area contributed by atoms with Crippen molar-refractivity contribution in [3.63, 3.8) is 0 Å². The predicted octanol–water partition coefficient (Wildman–Crippen LogP) is 2.62. The van der Waals surface area contributed by atoms with E-state index in [-0.39, 0.29) is 17.3 Å². The molecular formula is C21H26N4O5S. The van der Waals surface area contributed by atoms with Crippen molar-refractivity contribution in [3.05, 3.63) is 69.3 Å². The highest BCUT2D eigenvalue weighted by atomic mass is 32.2. The Balaban J connectivity index is 1.59. The zero-order chi connectivity index (χ0) is 22.6. The van der Waals surface area contributed by atoms with Gasteiger partial charge in [-0.1, -0.05) is 18.2 Å². The van der Waals surface area contributed by atoms with E-state index in [0.29, 0.717) is 49.5 Å². The Morgan fingerprint density at radius 3 is 2.32 bits per heavy atom. The summed E-state index contributed by atoms with van der Waals surface area (Å²) in [5, 5.41) is 13.8. The van der Waals surface area contributed by atoms with Crippen LogP contribution in [-0.2, 0) is 16.6 Å². The number of benzene rings is 2. The number of rotatable bonds is 7. The number of hydrogen-bond acceptors (Lipinski definition) is 6. The number of carbonyl (C=O) groups excluding carboxylic acids is 1. The molecule has 0 radical (unpaired) electrons. The van der Waals surface area contributed by atoms with Gasteiger partial charge in [-0.05, 0) is 37.6 Å². The molecule has 1 heterocycles. The van der Waals surface area contributed by atoms with Crippen molar-refractivity contribution in [2.75, 3.05) is 37.2 Å². The van der Waals surface area contributed by atoms with E-state index in [1.54, 1.807) is 32.0 Å². The Labute approximate surface area is 181 Å². The molecule has 9 nitrogen and oxygen atoms in total. The second-order valence-corrected chi connectivity index (χ2v) is 9.69. The van der Waals surface area contributed by atoms with E-state index in [2.05, 4.69) is 10.2 Å². The van der Waals surface area contributed by atoms with Crippen molar-refractivity contribution in [2.24, 2.45) is 0 Å². The standard InChI is InChI=1S/C21H26N4O5S/c1-3-31(29,30)24-13-11-23(12-14-24)15-17-7-9-18(10-8-17)21(26)22-19-5-4-6-20(16(19)2)25(27)28/h4-10H,3,11-15H2,1-2H3,(H,22,26). The maximum atomic E-state index is 12.6. The van der Waals surface area contributed by atoms with Crippen LogP contribution >= 0.6 is 0 Å². The maximum Gasteiger partial charge on any atom is 0.274 e. The normalized spacial score (nSPS) is 15.5. The zero-order valence-electron chi connectivity index (χ0n) is 17.6.